The van der Waals surface area contributed by atoms with Crippen molar-refractivity contribution < 1.29 is 19.0 Å². The van der Waals surface area contributed by atoms with E-state index in [0.29, 0.717) is 18.9 Å². The average Bonchev–Trinajstić information content (AvgIpc) is 3.52. The van der Waals surface area contributed by atoms with Crippen molar-refractivity contribution in [1.82, 2.24) is 29.4 Å². The number of nitrogens with zero attached hydrogens (tertiary/aromatic N) is 6. The summed E-state index contributed by atoms with van der Waals surface area (Å²) < 4.78 is 21.0. The third-order valence-electron chi connectivity index (χ3n) is 8.73. The second kappa shape index (κ2) is 20.4. The van der Waals surface area contributed by atoms with E-state index in [4.69, 9.17) is 19.9 Å². The Morgan fingerprint density at radius 1 is 0.769 bits per heavy atom. The number of aryl methyl sites for hydroxylation is 2. The molecule has 2 aliphatic heterocycles. The molecule has 0 bridgehead atoms. The number of hydrogen-bond donors (Lipinski definition) is 2. The lowest BCUT2D eigenvalue weighted by Gasteiger charge is -2.20. The summed E-state index contributed by atoms with van der Waals surface area (Å²) >= 11 is 4.07. The molecule has 2 aromatic carbocycles. The number of anilines is 2. The van der Waals surface area contributed by atoms with Gasteiger partial charge in [0, 0.05) is 86.7 Å². The van der Waals surface area contributed by atoms with Crippen LogP contribution in [0.5, 0.6) is 11.5 Å². The number of rotatable bonds is 12. The summed E-state index contributed by atoms with van der Waals surface area (Å²) in [6.07, 6.45) is 5.40. The number of carbonyl (C=O) groups is 1. The Labute approximate surface area is 316 Å². The zero-order chi connectivity index (χ0) is 36.7. The molecule has 0 radical (unpaired) electrons. The Morgan fingerprint density at radius 2 is 1.31 bits per heavy atom. The minimum absolute atomic E-state index is 0.175. The molecule has 0 unspecified atom stereocenters. The molecule has 12 nitrogen and oxygen atoms in total. The Balaban J connectivity index is 0.000000206. The van der Waals surface area contributed by atoms with Gasteiger partial charge in [0.25, 0.3) is 0 Å². The van der Waals surface area contributed by atoms with Crippen molar-refractivity contribution in [3.8, 4) is 34.0 Å². The maximum atomic E-state index is 12.0. The van der Waals surface area contributed by atoms with Gasteiger partial charge in [-0.15, -0.1) is 0 Å². The minimum Gasteiger partial charge on any atom is -0.492 e. The smallest absolute Gasteiger partial charge is 0.411 e. The summed E-state index contributed by atoms with van der Waals surface area (Å²) in [5.74, 6) is 6.58. The first-order valence-electron chi connectivity index (χ1n) is 18.1. The molecule has 0 spiro atoms. The van der Waals surface area contributed by atoms with Gasteiger partial charge in [0.2, 0.25) is 0 Å². The van der Waals surface area contributed by atoms with Gasteiger partial charge in [-0.2, -0.15) is 33.7 Å². The van der Waals surface area contributed by atoms with Crippen LogP contribution in [0.25, 0.3) is 22.5 Å². The molecule has 2 aromatic heterocycles. The molecular formula is C38H54N8O4S2. The zero-order valence-corrected chi connectivity index (χ0v) is 32.6. The summed E-state index contributed by atoms with van der Waals surface area (Å²) in [6.45, 7) is 11.4. The quantitative estimate of drug-likeness (QED) is 0.158. The summed E-state index contributed by atoms with van der Waals surface area (Å²) in [6, 6.07) is 15.3. The highest BCUT2D eigenvalue weighted by atomic mass is 32.2. The number of benzene rings is 2. The van der Waals surface area contributed by atoms with Crippen LogP contribution in [0, 0.1) is 0 Å². The van der Waals surface area contributed by atoms with Crippen LogP contribution in [0.15, 0.2) is 60.9 Å². The fourth-order valence-corrected chi connectivity index (χ4v) is 7.91. The van der Waals surface area contributed by atoms with Crippen LogP contribution in [0.2, 0.25) is 0 Å². The van der Waals surface area contributed by atoms with Gasteiger partial charge in [-0.05, 0) is 99.8 Å². The van der Waals surface area contributed by atoms with Gasteiger partial charge in [0.05, 0.1) is 17.5 Å². The van der Waals surface area contributed by atoms with Crippen LogP contribution in [0.3, 0.4) is 0 Å². The molecular weight excluding hydrogens is 697 g/mol. The number of nitrogens with two attached hydrogens (primary N) is 1. The van der Waals surface area contributed by atoms with E-state index in [1.807, 2.05) is 105 Å². The van der Waals surface area contributed by atoms with Crippen molar-refractivity contribution in [3.05, 3.63) is 60.9 Å². The van der Waals surface area contributed by atoms with Crippen molar-refractivity contribution in [1.29, 1.82) is 0 Å². The fourth-order valence-electron chi connectivity index (χ4n) is 6.06. The lowest BCUT2D eigenvalue weighted by atomic mass is 10.1. The molecule has 2 aliphatic rings. The third-order valence-corrected chi connectivity index (χ3v) is 10.8. The molecule has 0 aliphatic carbocycles. The lowest BCUT2D eigenvalue weighted by Crippen LogP contribution is -2.30. The summed E-state index contributed by atoms with van der Waals surface area (Å²) in [5.41, 5.74) is 11.2. The van der Waals surface area contributed by atoms with Crippen LogP contribution in [0.1, 0.15) is 26.7 Å². The van der Waals surface area contributed by atoms with Gasteiger partial charge in [0.15, 0.2) is 0 Å². The molecule has 282 valence electrons. The van der Waals surface area contributed by atoms with Crippen molar-refractivity contribution >= 4 is 41.0 Å². The number of thioether (sulfide) groups is 2. The molecule has 2 saturated heterocycles. The first-order valence-corrected chi connectivity index (χ1v) is 20.4. The molecule has 4 aromatic rings. The molecule has 0 atom stereocenters. The molecule has 4 heterocycles. The average molecular weight is 751 g/mol. The Bertz CT molecular complexity index is 1680. The van der Waals surface area contributed by atoms with E-state index in [1.165, 1.54) is 42.4 Å². The van der Waals surface area contributed by atoms with Crippen LogP contribution < -0.4 is 20.5 Å². The SMILES string of the molecule is CC(C)OC(=O)Nc1ccc(OCCN2CCCSCC2)c(-c2ccnn2C)c1.Cn1nccc1-c1cc(N)ccc1OCCN1CCCSCC1. The van der Waals surface area contributed by atoms with E-state index >= 15 is 0 Å². The van der Waals surface area contributed by atoms with Crippen LogP contribution in [-0.4, -0.2) is 117 Å². The van der Waals surface area contributed by atoms with Gasteiger partial charge in [0.1, 0.15) is 24.7 Å². The summed E-state index contributed by atoms with van der Waals surface area (Å²) in [4.78, 5) is 16.9. The first-order chi connectivity index (χ1) is 25.3. The highest BCUT2D eigenvalue weighted by molar-refractivity contribution is 7.99. The van der Waals surface area contributed by atoms with Crippen molar-refractivity contribution in [2.24, 2.45) is 14.1 Å². The number of carbonyl (C=O) groups excluding carboxylic acids is 1. The van der Waals surface area contributed by atoms with Crippen LogP contribution >= 0.6 is 23.5 Å². The fraction of sp³-hybridized carbons (Fsp3) is 0.500. The predicted octanol–water partition coefficient (Wildman–Crippen LogP) is 6.35. The van der Waals surface area contributed by atoms with Gasteiger partial charge in [-0.25, -0.2) is 4.79 Å². The van der Waals surface area contributed by atoms with Crippen molar-refractivity contribution in [2.75, 3.05) is 86.5 Å². The summed E-state index contributed by atoms with van der Waals surface area (Å²) in [5, 5.41) is 11.3. The number of nitrogen functional groups attached to an aromatic ring is 1. The molecule has 0 saturated carbocycles. The van der Waals surface area contributed by atoms with Crippen LogP contribution in [0.4, 0.5) is 16.2 Å². The number of nitrogens with one attached hydrogen (secondary N) is 1. The van der Waals surface area contributed by atoms with Gasteiger partial charge >= 0.3 is 6.09 Å². The second-order valence-electron chi connectivity index (χ2n) is 13.0. The van der Waals surface area contributed by atoms with E-state index in [-0.39, 0.29) is 6.10 Å². The molecule has 6 rings (SSSR count). The Hall–Kier alpha value is -3.85. The molecule has 2 fully saturated rings. The van der Waals surface area contributed by atoms with E-state index in [2.05, 4.69) is 25.3 Å². The highest BCUT2D eigenvalue weighted by Gasteiger charge is 2.16. The topological polar surface area (TPSA) is 125 Å². The maximum Gasteiger partial charge on any atom is 0.411 e. The van der Waals surface area contributed by atoms with E-state index in [1.54, 1.807) is 17.1 Å². The second-order valence-corrected chi connectivity index (χ2v) is 15.5. The highest BCUT2D eigenvalue weighted by Crippen LogP contribution is 2.33. The first kappa shape index (κ1) is 39.4. The normalized spacial score (nSPS) is 15.6. The van der Waals surface area contributed by atoms with Gasteiger partial charge < -0.3 is 19.9 Å². The van der Waals surface area contributed by atoms with Crippen molar-refractivity contribution in [3.63, 3.8) is 0 Å². The van der Waals surface area contributed by atoms with Gasteiger partial charge in [-0.3, -0.25) is 24.5 Å². The number of hydrogen-bond acceptors (Lipinski definition) is 11. The molecule has 52 heavy (non-hydrogen) atoms. The third kappa shape index (κ3) is 12.1. The molecule has 14 heteroatoms. The van der Waals surface area contributed by atoms with Gasteiger partial charge in [-0.1, -0.05) is 0 Å². The molecule has 1 amide bonds. The number of amides is 1. The summed E-state index contributed by atoms with van der Waals surface area (Å²) in [7, 11) is 3.82. The predicted molar refractivity (Wildman–Crippen MR) is 215 cm³/mol. The van der Waals surface area contributed by atoms with E-state index in [0.717, 1.165) is 72.4 Å². The van der Waals surface area contributed by atoms with Crippen LogP contribution in [-0.2, 0) is 18.8 Å². The Kier molecular flexibility index (Phi) is 15.4. The van der Waals surface area contributed by atoms with E-state index < -0.39 is 6.09 Å². The Morgan fingerprint density at radius 3 is 1.83 bits per heavy atom. The lowest BCUT2D eigenvalue weighted by molar-refractivity contribution is 0.130. The standard InChI is InChI=1S/C21H30N4O3S.C17H24N4OS/c1-16(2)28-21(26)23-17-5-6-20(18(15-17)19-7-8-22-24(19)3)27-12-10-25-9-4-13-29-14-11-25;1-20-16(5-6-19-20)15-13-14(18)3-4-17(15)22-10-8-21-7-2-11-23-12-9-21/h5-8,15-16H,4,9-14H2,1-3H3,(H,23,26);3-6,13H,2,7-12,18H2,1H3. The zero-order valence-electron chi connectivity index (χ0n) is 31.0. The maximum absolute atomic E-state index is 12.0. The number of ether oxygens (including phenoxy) is 3. The van der Waals surface area contributed by atoms with Crippen molar-refractivity contribution in [2.45, 2.75) is 32.8 Å². The molecule has 3 N–H and O–H groups in total. The largest absolute Gasteiger partial charge is 0.492 e. The monoisotopic (exact) mass is 750 g/mol. The van der Waals surface area contributed by atoms with E-state index in [9.17, 15) is 4.79 Å². The number of aromatic nitrogens is 4. The minimum atomic E-state index is -0.469.